The summed E-state index contributed by atoms with van der Waals surface area (Å²) in [7, 11) is 0. The molecule has 4 heteroatoms. The average molecular weight is 342 g/mol. The molecule has 0 heterocycles. The summed E-state index contributed by atoms with van der Waals surface area (Å²) in [5, 5.41) is 21.3. The number of hydrogen-bond donors (Lipinski definition) is 1. The third-order valence-electron chi connectivity index (χ3n) is 4.28. The fourth-order valence-corrected chi connectivity index (χ4v) is 2.96. The number of hydrogen-bond acceptors (Lipinski definition) is 3. The molecule has 0 aliphatic carbocycles. The third kappa shape index (κ3) is 9.10. The van der Waals surface area contributed by atoms with Crippen LogP contribution in [0.3, 0.4) is 0 Å². The fraction of sp³-hybridized carbons (Fsp3) is 0.650. The fourth-order valence-electron chi connectivity index (χ4n) is 2.96. The molecule has 1 rings (SSSR count). The minimum atomic E-state index is -1.14. The van der Waals surface area contributed by atoms with E-state index in [0.29, 0.717) is 5.56 Å². The van der Waals surface area contributed by atoms with Crippen LogP contribution in [0.2, 0.25) is 0 Å². The summed E-state index contributed by atoms with van der Waals surface area (Å²) in [6.45, 7) is 4.36. The number of phenolic OH excluding ortho intramolecular Hbond substituents is 1. The van der Waals surface area contributed by atoms with Crippen molar-refractivity contribution in [3.63, 3.8) is 0 Å². The third-order valence-corrected chi connectivity index (χ3v) is 4.28. The number of rotatable bonds is 12. The van der Waals surface area contributed by atoms with Crippen molar-refractivity contribution >= 4 is 5.97 Å². The van der Waals surface area contributed by atoms with Gasteiger partial charge in [0.2, 0.25) is 0 Å². The summed E-state index contributed by atoms with van der Waals surface area (Å²) in [6, 6.07) is 3.90. The second kappa shape index (κ2) is 13.7. The van der Waals surface area contributed by atoms with Crippen molar-refractivity contribution in [3.8, 4) is 5.75 Å². The number of aliphatic carboxylic acids is 1. The minimum Gasteiger partial charge on any atom is -0.550 e. The largest absolute Gasteiger partial charge is 1.00 e. The van der Waals surface area contributed by atoms with Crippen molar-refractivity contribution in [3.05, 3.63) is 28.8 Å². The van der Waals surface area contributed by atoms with Crippen LogP contribution in [0, 0.1) is 0 Å². The molecule has 1 N–H and O–H groups in total. The van der Waals surface area contributed by atoms with E-state index in [2.05, 4.69) is 19.9 Å². The Labute approximate surface area is 169 Å². The van der Waals surface area contributed by atoms with Gasteiger partial charge in [-0.2, -0.15) is 0 Å². The first-order chi connectivity index (χ1) is 11.1. The van der Waals surface area contributed by atoms with Gasteiger partial charge in [-0.1, -0.05) is 64.5 Å². The number of carboxylic acids is 1. The quantitative estimate of drug-likeness (QED) is 0.454. The van der Waals surface area contributed by atoms with Gasteiger partial charge in [0, 0.05) is 18.0 Å². The normalized spacial score (nSPS) is 10.4. The van der Waals surface area contributed by atoms with Crippen LogP contribution in [0.25, 0.3) is 0 Å². The van der Waals surface area contributed by atoms with Gasteiger partial charge in [-0.25, -0.2) is 0 Å². The van der Waals surface area contributed by atoms with Gasteiger partial charge in [0.25, 0.3) is 0 Å². The molecular weight excluding hydrogens is 311 g/mol. The molecule has 0 saturated carbocycles. The topological polar surface area (TPSA) is 60.4 Å². The SMILES string of the molecule is CCCCCCc1cc(CCCCCC)c(O)c(CC(=O)[O-])c1.[Na+]. The molecule has 0 atom stereocenters. The summed E-state index contributed by atoms with van der Waals surface area (Å²) >= 11 is 0. The number of aromatic hydroxyl groups is 1. The summed E-state index contributed by atoms with van der Waals surface area (Å²) in [5.41, 5.74) is 2.54. The molecule has 0 aromatic heterocycles. The van der Waals surface area contributed by atoms with E-state index in [9.17, 15) is 15.0 Å². The number of phenols is 1. The van der Waals surface area contributed by atoms with Gasteiger partial charge >= 0.3 is 29.6 Å². The van der Waals surface area contributed by atoms with Crippen LogP contribution in [0.1, 0.15) is 81.9 Å². The first-order valence-electron chi connectivity index (χ1n) is 9.11. The standard InChI is InChI=1S/C20H32O3.Na/c1-3-5-7-9-11-16-13-17(12-10-8-6-4-2)20(23)18(14-16)15-19(21)22;/h13-14,23H,3-12,15H2,1-2H3,(H,21,22);/q;+1/p-1. The van der Waals surface area contributed by atoms with Crippen LogP contribution in [-0.4, -0.2) is 11.1 Å². The first-order valence-corrected chi connectivity index (χ1v) is 9.11. The summed E-state index contributed by atoms with van der Waals surface area (Å²) in [5.74, 6) is -0.983. The molecular formula is C20H31NaO3. The smallest absolute Gasteiger partial charge is 0.550 e. The molecule has 0 saturated heterocycles. The molecule has 0 spiro atoms. The maximum absolute atomic E-state index is 10.9. The molecule has 0 aliphatic rings. The second-order valence-corrected chi connectivity index (χ2v) is 6.43. The Morgan fingerprint density at radius 2 is 1.46 bits per heavy atom. The van der Waals surface area contributed by atoms with Gasteiger partial charge in [0.1, 0.15) is 5.75 Å². The van der Waals surface area contributed by atoms with Crippen LogP contribution in [0.4, 0.5) is 0 Å². The van der Waals surface area contributed by atoms with Gasteiger partial charge in [-0.05, 0) is 36.8 Å². The monoisotopic (exact) mass is 342 g/mol. The molecule has 0 aliphatic heterocycles. The maximum atomic E-state index is 10.9. The molecule has 0 fully saturated rings. The van der Waals surface area contributed by atoms with Gasteiger partial charge in [0.15, 0.2) is 0 Å². The van der Waals surface area contributed by atoms with E-state index in [-0.39, 0.29) is 41.7 Å². The second-order valence-electron chi connectivity index (χ2n) is 6.43. The number of carbonyl (C=O) groups is 1. The maximum Gasteiger partial charge on any atom is 1.00 e. The van der Waals surface area contributed by atoms with Crippen LogP contribution in [-0.2, 0) is 24.1 Å². The van der Waals surface area contributed by atoms with Crippen LogP contribution < -0.4 is 34.7 Å². The molecule has 0 unspecified atom stereocenters. The molecule has 3 nitrogen and oxygen atoms in total. The van der Waals surface area contributed by atoms with Crippen molar-refractivity contribution in [2.24, 2.45) is 0 Å². The Bertz CT molecular complexity index is 486. The molecule has 0 radical (unpaired) electrons. The molecule has 0 bridgehead atoms. The molecule has 1 aromatic carbocycles. The van der Waals surface area contributed by atoms with E-state index in [0.717, 1.165) is 43.2 Å². The zero-order chi connectivity index (χ0) is 17.1. The van der Waals surface area contributed by atoms with E-state index in [4.69, 9.17) is 0 Å². The van der Waals surface area contributed by atoms with Gasteiger partial charge in [-0.15, -0.1) is 0 Å². The molecule has 1 aromatic rings. The summed E-state index contributed by atoms with van der Waals surface area (Å²) in [6.07, 6.45) is 10.8. The molecule has 0 amide bonds. The number of carbonyl (C=O) groups excluding carboxylic acids is 1. The molecule has 24 heavy (non-hydrogen) atoms. The predicted octanol–water partition coefficient (Wildman–Crippen LogP) is 0.934. The van der Waals surface area contributed by atoms with Crippen LogP contribution in [0.15, 0.2) is 12.1 Å². The zero-order valence-electron chi connectivity index (χ0n) is 15.7. The van der Waals surface area contributed by atoms with Crippen LogP contribution >= 0.6 is 0 Å². The number of benzene rings is 1. The Kier molecular flexibility index (Phi) is 13.5. The Balaban J connectivity index is 0.00000529. The van der Waals surface area contributed by atoms with Crippen LogP contribution in [0.5, 0.6) is 5.75 Å². The number of aryl methyl sites for hydroxylation is 2. The van der Waals surface area contributed by atoms with Crippen molar-refractivity contribution in [1.82, 2.24) is 0 Å². The number of carboxylic acid groups (broad SMARTS) is 1. The minimum absolute atomic E-state index is 0. The van der Waals surface area contributed by atoms with E-state index in [1.165, 1.54) is 32.1 Å². The predicted molar refractivity (Wildman–Crippen MR) is 92.5 cm³/mol. The van der Waals surface area contributed by atoms with Gasteiger partial charge in [-0.3, -0.25) is 0 Å². The van der Waals surface area contributed by atoms with E-state index >= 15 is 0 Å². The number of unbranched alkanes of at least 4 members (excludes halogenated alkanes) is 6. The van der Waals surface area contributed by atoms with Gasteiger partial charge in [0.05, 0.1) is 0 Å². The van der Waals surface area contributed by atoms with E-state index in [1.54, 1.807) is 0 Å². The Morgan fingerprint density at radius 1 is 0.917 bits per heavy atom. The Morgan fingerprint density at radius 3 is 2.00 bits per heavy atom. The van der Waals surface area contributed by atoms with E-state index < -0.39 is 5.97 Å². The summed E-state index contributed by atoms with van der Waals surface area (Å²) < 4.78 is 0. The van der Waals surface area contributed by atoms with Gasteiger partial charge < -0.3 is 15.0 Å². The molecule has 130 valence electrons. The van der Waals surface area contributed by atoms with Crippen molar-refractivity contribution in [1.29, 1.82) is 0 Å². The van der Waals surface area contributed by atoms with Crippen molar-refractivity contribution in [2.45, 2.75) is 84.5 Å². The van der Waals surface area contributed by atoms with Crippen molar-refractivity contribution in [2.75, 3.05) is 0 Å². The Hall–Kier alpha value is -0.510. The van der Waals surface area contributed by atoms with E-state index in [1.807, 2.05) is 6.07 Å². The first kappa shape index (κ1) is 23.5. The van der Waals surface area contributed by atoms with Crippen molar-refractivity contribution < 1.29 is 44.6 Å². The average Bonchev–Trinajstić information content (AvgIpc) is 2.51. The summed E-state index contributed by atoms with van der Waals surface area (Å²) in [4.78, 5) is 10.9. The zero-order valence-corrected chi connectivity index (χ0v) is 17.7.